The number of hydrogen-bond donors (Lipinski definition) is 1. The first-order valence-corrected chi connectivity index (χ1v) is 10.3. The zero-order valence-corrected chi connectivity index (χ0v) is 17.9. The third-order valence-corrected chi connectivity index (χ3v) is 6.03. The molecule has 0 unspecified atom stereocenters. The lowest BCUT2D eigenvalue weighted by atomic mass is 10.0. The molecule has 1 saturated heterocycles. The molecule has 0 radical (unpaired) electrons. The molecule has 0 amide bonds. The number of aliphatic hydroxyl groups is 1. The molecule has 9 heteroatoms. The second-order valence-corrected chi connectivity index (χ2v) is 8.15. The zero-order chi connectivity index (χ0) is 20.3. The maximum atomic E-state index is 12.8. The smallest absolute Gasteiger partial charge is 0.292 e. The number of halogens is 3. The van der Waals surface area contributed by atoms with Crippen molar-refractivity contribution >= 4 is 40.5 Å². The highest BCUT2D eigenvalue weighted by Crippen LogP contribution is 2.28. The molecule has 6 nitrogen and oxygen atoms in total. The summed E-state index contributed by atoms with van der Waals surface area (Å²) in [4.78, 5) is 17.2. The van der Waals surface area contributed by atoms with E-state index in [1.807, 2.05) is 0 Å². The van der Waals surface area contributed by atoms with Gasteiger partial charge in [0.1, 0.15) is 5.02 Å². The summed E-state index contributed by atoms with van der Waals surface area (Å²) in [5.74, 6) is 0. The van der Waals surface area contributed by atoms with Crippen molar-refractivity contribution in [1.29, 1.82) is 0 Å². The number of rotatable bonds is 6. The minimum Gasteiger partial charge on any atom is -0.396 e. The molecular formula is C19H23Cl3N4O2. The number of aromatic nitrogens is 2. The zero-order valence-electron chi connectivity index (χ0n) is 15.6. The SMILES string of the molecule is CN(CCCO)C1CCN(c2cnn(-c3ccc(Cl)cc3Cl)c(=O)c2Cl)CC1. The minimum absolute atomic E-state index is 0.133. The van der Waals surface area contributed by atoms with Gasteiger partial charge in [-0.3, -0.25) is 4.79 Å². The van der Waals surface area contributed by atoms with Crippen molar-refractivity contribution in [2.24, 2.45) is 0 Å². The highest BCUT2D eigenvalue weighted by molar-refractivity contribution is 6.36. The molecule has 2 aromatic rings. The van der Waals surface area contributed by atoms with Gasteiger partial charge >= 0.3 is 0 Å². The Labute approximate surface area is 179 Å². The Balaban J connectivity index is 1.76. The van der Waals surface area contributed by atoms with Crippen molar-refractivity contribution in [1.82, 2.24) is 14.7 Å². The number of anilines is 1. The van der Waals surface area contributed by atoms with E-state index in [1.54, 1.807) is 24.4 Å². The number of piperidine rings is 1. The van der Waals surface area contributed by atoms with Gasteiger partial charge in [0, 0.05) is 37.3 Å². The molecule has 1 aromatic carbocycles. The van der Waals surface area contributed by atoms with Crippen molar-refractivity contribution in [2.45, 2.75) is 25.3 Å². The quantitative estimate of drug-likeness (QED) is 0.737. The fourth-order valence-electron chi connectivity index (χ4n) is 3.52. The summed E-state index contributed by atoms with van der Waals surface area (Å²) in [5.41, 5.74) is 0.670. The molecule has 28 heavy (non-hydrogen) atoms. The van der Waals surface area contributed by atoms with Crippen LogP contribution in [0.5, 0.6) is 0 Å². The Bertz CT molecular complexity index is 882. The Kier molecular flexibility index (Phi) is 7.23. The first-order chi connectivity index (χ1) is 13.4. The molecule has 1 N–H and O–H groups in total. The third kappa shape index (κ3) is 4.63. The molecule has 0 aliphatic carbocycles. The fourth-order valence-corrected chi connectivity index (χ4v) is 4.26. The lowest BCUT2D eigenvalue weighted by Gasteiger charge is -2.37. The van der Waals surface area contributed by atoms with Crippen LogP contribution in [0.1, 0.15) is 19.3 Å². The van der Waals surface area contributed by atoms with Gasteiger partial charge in [-0.05, 0) is 44.5 Å². The van der Waals surface area contributed by atoms with Crippen LogP contribution < -0.4 is 10.5 Å². The van der Waals surface area contributed by atoms with E-state index in [2.05, 4.69) is 21.9 Å². The lowest BCUT2D eigenvalue weighted by molar-refractivity contribution is 0.184. The van der Waals surface area contributed by atoms with E-state index in [9.17, 15) is 4.79 Å². The minimum atomic E-state index is -0.412. The second kappa shape index (κ2) is 9.46. The predicted molar refractivity (Wildman–Crippen MR) is 114 cm³/mol. The van der Waals surface area contributed by atoms with E-state index in [1.165, 1.54) is 4.68 Å². The van der Waals surface area contributed by atoms with E-state index in [-0.39, 0.29) is 11.6 Å². The third-order valence-electron chi connectivity index (χ3n) is 5.14. The van der Waals surface area contributed by atoms with E-state index in [4.69, 9.17) is 39.9 Å². The van der Waals surface area contributed by atoms with Crippen molar-refractivity contribution < 1.29 is 5.11 Å². The van der Waals surface area contributed by atoms with E-state index in [0.717, 1.165) is 38.9 Å². The van der Waals surface area contributed by atoms with Crippen LogP contribution >= 0.6 is 34.8 Å². The first-order valence-electron chi connectivity index (χ1n) is 9.21. The maximum absolute atomic E-state index is 12.8. The monoisotopic (exact) mass is 444 g/mol. The lowest BCUT2D eigenvalue weighted by Crippen LogP contribution is -2.44. The molecule has 152 valence electrons. The summed E-state index contributed by atoms with van der Waals surface area (Å²) < 4.78 is 1.19. The van der Waals surface area contributed by atoms with Gasteiger partial charge in [0.25, 0.3) is 5.56 Å². The molecular weight excluding hydrogens is 423 g/mol. The molecule has 1 aliphatic rings. The number of hydrogen-bond acceptors (Lipinski definition) is 5. The molecule has 2 heterocycles. The van der Waals surface area contributed by atoms with Crippen LogP contribution in [0, 0.1) is 0 Å². The summed E-state index contributed by atoms with van der Waals surface area (Å²) in [6.45, 7) is 2.67. The molecule has 0 spiro atoms. The van der Waals surface area contributed by atoms with Crippen LogP contribution in [0.3, 0.4) is 0 Å². The van der Waals surface area contributed by atoms with Crippen LogP contribution in [0.15, 0.2) is 29.2 Å². The van der Waals surface area contributed by atoms with Gasteiger partial charge in [0.2, 0.25) is 0 Å². The summed E-state index contributed by atoms with van der Waals surface area (Å²) in [6.07, 6.45) is 4.32. The largest absolute Gasteiger partial charge is 0.396 e. The van der Waals surface area contributed by atoms with Gasteiger partial charge in [-0.25, -0.2) is 0 Å². The highest BCUT2D eigenvalue weighted by atomic mass is 35.5. The van der Waals surface area contributed by atoms with E-state index in [0.29, 0.717) is 27.5 Å². The van der Waals surface area contributed by atoms with Gasteiger partial charge in [-0.1, -0.05) is 34.8 Å². The summed E-state index contributed by atoms with van der Waals surface area (Å²) >= 11 is 18.5. The molecule has 1 aliphatic heterocycles. The molecule has 0 bridgehead atoms. The topological polar surface area (TPSA) is 61.6 Å². The fraction of sp³-hybridized carbons (Fsp3) is 0.474. The molecule has 0 saturated carbocycles. The van der Waals surface area contributed by atoms with Gasteiger partial charge < -0.3 is 14.9 Å². The van der Waals surface area contributed by atoms with Gasteiger partial charge in [0.05, 0.1) is 22.6 Å². The van der Waals surface area contributed by atoms with E-state index < -0.39 is 5.56 Å². The summed E-state index contributed by atoms with van der Waals surface area (Å²) in [6, 6.07) is 5.31. The Morgan fingerprint density at radius 2 is 1.93 bits per heavy atom. The number of nitrogens with zero attached hydrogens (tertiary/aromatic N) is 4. The maximum Gasteiger partial charge on any atom is 0.292 e. The first kappa shape index (κ1) is 21.4. The van der Waals surface area contributed by atoms with Crippen LogP contribution in [0.25, 0.3) is 5.69 Å². The van der Waals surface area contributed by atoms with Gasteiger partial charge in [-0.15, -0.1) is 0 Å². The van der Waals surface area contributed by atoms with Crippen molar-refractivity contribution in [3.8, 4) is 5.69 Å². The van der Waals surface area contributed by atoms with Crippen molar-refractivity contribution in [2.75, 3.05) is 38.2 Å². The molecule has 1 fully saturated rings. The average molecular weight is 446 g/mol. The second-order valence-electron chi connectivity index (χ2n) is 6.93. The molecule has 3 rings (SSSR count). The average Bonchev–Trinajstić information content (AvgIpc) is 2.69. The molecule has 1 aromatic heterocycles. The van der Waals surface area contributed by atoms with Crippen LogP contribution in [0.2, 0.25) is 15.1 Å². The van der Waals surface area contributed by atoms with Crippen LogP contribution in [-0.2, 0) is 0 Å². The van der Waals surface area contributed by atoms with Crippen molar-refractivity contribution in [3.63, 3.8) is 0 Å². The highest BCUT2D eigenvalue weighted by Gasteiger charge is 2.25. The normalized spacial score (nSPS) is 15.4. The molecule has 0 atom stereocenters. The number of benzene rings is 1. The predicted octanol–water partition coefficient (Wildman–Crippen LogP) is 3.48. The van der Waals surface area contributed by atoms with E-state index >= 15 is 0 Å². The van der Waals surface area contributed by atoms with Crippen LogP contribution in [0.4, 0.5) is 5.69 Å². The summed E-state index contributed by atoms with van der Waals surface area (Å²) in [7, 11) is 2.08. The van der Waals surface area contributed by atoms with Crippen molar-refractivity contribution in [3.05, 3.63) is 49.8 Å². The number of aliphatic hydroxyl groups excluding tert-OH is 1. The van der Waals surface area contributed by atoms with Crippen LogP contribution in [-0.4, -0.2) is 59.1 Å². The standard InChI is InChI=1S/C19H23Cl3N4O2/c1-24(7-2-10-27)14-5-8-25(9-6-14)17-12-23-26(19(28)18(17)22)16-4-3-13(20)11-15(16)21/h3-4,11-12,14,27H,2,5-10H2,1H3. The Morgan fingerprint density at radius 1 is 1.21 bits per heavy atom. The Hall–Kier alpha value is -1.31. The van der Waals surface area contributed by atoms with Gasteiger partial charge in [0.15, 0.2) is 0 Å². The Morgan fingerprint density at radius 3 is 2.57 bits per heavy atom. The summed E-state index contributed by atoms with van der Waals surface area (Å²) in [5, 5.41) is 14.2. The van der Waals surface area contributed by atoms with Gasteiger partial charge in [-0.2, -0.15) is 9.78 Å².